The summed E-state index contributed by atoms with van der Waals surface area (Å²) < 4.78 is 0.671. The van der Waals surface area contributed by atoms with Crippen LogP contribution < -0.4 is 10.9 Å². The number of aryl methyl sites for hydroxylation is 1. The summed E-state index contributed by atoms with van der Waals surface area (Å²) in [5, 5.41) is 0. The van der Waals surface area contributed by atoms with E-state index in [-0.39, 0.29) is 5.88 Å². The summed E-state index contributed by atoms with van der Waals surface area (Å²) in [5.41, 5.74) is 5.92. The molecule has 0 saturated heterocycles. The molecule has 1 rings (SSSR count). The number of carbonyl (C=O) groups excluding carboxylic acids is 2. The van der Waals surface area contributed by atoms with Crippen LogP contribution in [0.5, 0.6) is 0 Å². The summed E-state index contributed by atoms with van der Waals surface area (Å²) in [4.78, 5) is 22.4. The van der Waals surface area contributed by atoms with Crippen molar-refractivity contribution < 1.29 is 9.59 Å². The summed E-state index contributed by atoms with van der Waals surface area (Å²) in [6.07, 6.45) is 0. The molecule has 1 aromatic carbocycles. The van der Waals surface area contributed by atoms with Gasteiger partial charge in [-0.3, -0.25) is 20.4 Å². The van der Waals surface area contributed by atoms with E-state index in [1.165, 1.54) is 0 Å². The van der Waals surface area contributed by atoms with Gasteiger partial charge in [0.05, 0.1) is 5.56 Å². The average molecular weight is 306 g/mol. The Balaban J connectivity index is 2.70. The van der Waals surface area contributed by atoms with E-state index in [0.717, 1.165) is 5.56 Å². The highest BCUT2D eigenvalue weighted by atomic mass is 79.9. The maximum absolute atomic E-state index is 11.6. The number of benzene rings is 1. The van der Waals surface area contributed by atoms with E-state index >= 15 is 0 Å². The van der Waals surface area contributed by atoms with E-state index in [0.29, 0.717) is 10.0 Å². The van der Waals surface area contributed by atoms with Crippen LogP contribution in [0, 0.1) is 6.92 Å². The number of rotatable bonds is 2. The highest BCUT2D eigenvalue weighted by molar-refractivity contribution is 9.10. The first-order chi connectivity index (χ1) is 7.54. The molecule has 16 heavy (non-hydrogen) atoms. The Labute approximate surface area is 106 Å². The van der Waals surface area contributed by atoms with Gasteiger partial charge in [-0.2, -0.15) is 0 Å². The largest absolute Gasteiger partial charge is 0.272 e. The number of hydrogen-bond donors (Lipinski definition) is 2. The lowest BCUT2D eigenvalue weighted by molar-refractivity contribution is -0.119. The summed E-state index contributed by atoms with van der Waals surface area (Å²) >= 11 is 8.53. The Morgan fingerprint density at radius 2 is 2.06 bits per heavy atom. The Hall–Kier alpha value is -1.07. The molecule has 0 atom stereocenters. The van der Waals surface area contributed by atoms with E-state index in [4.69, 9.17) is 11.6 Å². The van der Waals surface area contributed by atoms with Gasteiger partial charge in [0.2, 0.25) is 0 Å². The number of alkyl halides is 1. The molecule has 2 amide bonds. The van der Waals surface area contributed by atoms with Crippen LogP contribution in [0.3, 0.4) is 0 Å². The molecule has 0 aliphatic rings. The monoisotopic (exact) mass is 304 g/mol. The average Bonchev–Trinajstić information content (AvgIpc) is 2.25. The molecule has 86 valence electrons. The van der Waals surface area contributed by atoms with Crippen molar-refractivity contribution in [1.82, 2.24) is 10.9 Å². The highest BCUT2D eigenvalue weighted by Crippen LogP contribution is 2.17. The van der Waals surface area contributed by atoms with Crippen LogP contribution in [-0.4, -0.2) is 17.7 Å². The number of hydrogen-bond acceptors (Lipinski definition) is 2. The normalized spacial score (nSPS) is 9.69. The van der Waals surface area contributed by atoms with Gasteiger partial charge < -0.3 is 0 Å². The molecule has 0 unspecified atom stereocenters. The molecule has 0 aromatic heterocycles. The Kier molecular flexibility index (Phi) is 4.76. The number of halogens is 2. The van der Waals surface area contributed by atoms with Crippen LogP contribution in [0.25, 0.3) is 0 Å². The van der Waals surface area contributed by atoms with Crippen LogP contribution >= 0.6 is 27.5 Å². The first kappa shape index (κ1) is 13.0. The fourth-order valence-corrected chi connectivity index (χ4v) is 1.77. The minimum Gasteiger partial charge on any atom is -0.272 e. The van der Waals surface area contributed by atoms with Gasteiger partial charge in [-0.05, 0) is 40.5 Å². The second kappa shape index (κ2) is 5.86. The molecule has 0 aliphatic carbocycles. The molecular weight excluding hydrogens is 295 g/mol. The SMILES string of the molecule is Cc1ccc(C(=O)NNC(=O)CCl)c(Br)c1. The fourth-order valence-electron chi connectivity index (χ4n) is 1.03. The Morgan fingerprint density at radius 3 is 2.62 bits per heavy atom. The van der Waals surface area contributed by atoms with Crippen LogP contribution in [0.2, 0.25) is 0 Å². The van der Waals surface area contributed by atoms with E-state index in [1.807, 2.05) is 19.1 Å². The van der Waals surface area contributed by atoms with Gasteiger partial charge in [0.1, 0.15) is 5.88 Å². The summed E-state index contributed by atoms with van der Waals surface area (Å²) in [6, 6.07) is 5.29. The van der Waals surface area contributed by atoms with Gasteiger partial charge in [-0.15, -0.1) is 11.6 Å². The van der Waals surface area contributed by atoms with Crippen molar-refractivity contribution in [2.45, 2.75) is 6.92 Å². The van der Waals surface area contributed by atoms with E-state index in [1.54, 1.807) is 6.07 Å². The molecule has 0 spiro atoms. The van der Waals surface area contributed by atoms with Gasteiger partial charge in [-0.25, -0.2) is 0 Å². The van der Waals surface area contributed by atoms with Gasteiger partial charge in [0.25, 0.3) is 11.8 Å². The van der Waals surface area contributed by atoms with Crippen LogP contribution in [0.1, 0.15) is 15.9 Å². The summed E-state index contributed by atoms with van der Waals surface area (Å²) in [7, 11) is 0. The topological polar surface area (TPSA) is 58.2 Å². The van der Waals surface area contributed by atoms with Crippen molar-refractivity contribution in [3.8, 4) is 0 Å². The van der Waals surface area contributed by atoms with Gasteiger partial charge in [0, 0.05) is 4.47 Å². The molecule has 0 heterocycles. The number of nitrogens with one attached hydrogen (secondary N) is 2. The quantitative estimate of drug-likeness (QED) is 0.646. The second-order valence-corrected chi connectivity index (χ2v) is 4.24. The van der Waals surface area contributed by atoms with Crippen molar-refractivity contribution in [2.75, 3.05) is 5.88 Å². The Morgan fingerprint density at radius 1 is 1.38 bits per heavy atom. The van der Waals surface area contributed by atoms with Gasteiger partial charge in [-0.1, -0.05) is 6.07 Å². The predicted molar refractivity (Wildman–Crippen MR) is 65.2 cm³/mol. The molecule has 0 saturated carbocycles. The number of carbonyl (C=O) groups is 2. The molecule has 2 N–H and O–H groups in total. The van der Waals surface area contributed by atoms with Gasteiger partial charge in [0.15, 0.2) is 0 Å². The van der Waals surface area contributed by atoms with Crippen molar-refractivity contribution in [3.05, 3.63) is 33.8 Å². The lowest BCUT2D eigenvalue weighted by Gasteiger charge is -2.07. The zero-order valence-electron chi connectivity index (χ0n) is 8.51. The third kappa shape index (κ3) is 3.50. The third-order valence-electron chi connectivity index (χ3n) is 1.81. The number of amides is 2. The van der Waals surface area contributed by atoms with Gasteiger partial charge >= 0.3 is 0 Å². The maximum atomic E-state index is 11.6. The highest BCUT2D eigenvalue weighted by Gasteiger charge is 2.10. The summed E-state index contributed by atoms with van der Waals surface area (Å²) in [5.74, 6) is -1.06. The minimum atomic E-state index is -0.460. The second-order valence-electron chi connectivity index (χ2n) is 3.12. The molecule has 0 fully saturated rings. The molecule has 0 radical (unpaired) electrons. The van der Waals surface area contributed by atoms with Crippen LogP contribution in [0.4, 0.5) is 0 Å². The minimum absolute atomic E-state index is 0.199. The first-order valence-electron chi connectivity index (χ1n) is 4.46. The van der Waals surface area contributed by atoms with Crippen molar-refractivity contribution >= 4 is 39.3 Å². The standard InChI is InChI=1S/C10H10BrClN2O2/c1-6-2-3-7(8(11)4-6)10(16)14-13-9(15)5-12/h2-4H,5H2,1H3,(H,13,15)(H,14,16). The molecule has 0 aliphatic heterocycles. The van der Waals surface area contributed by atoms with E-state index in [9.17, 15) is 9.59 Å². The first-order valence-corrected chi connectivity index (χ1v) is 5.78. The van der Waals surface area contributed by atoms with Crippen molar-refractivity contribution in [2.24, 2.45) is 0 Å². The smallest absolute Gasteiger partial charge is 0.270 e. The molecule has 0 bridgehead atoms. The zero-order valence-corrected chi connectivity index (χ0v) is 10.9. The molecule has 6 heteroatoms. The molecule has 1 aromatic rings. The predicted octanol–water partition coefficient (Wildman–Crippen LogP) is 1.76. The zero-order chi connectivity index (χ0) is 12.1. The van der Waals surface area contributed by atoms with Crippen LogP contribution in [0.15, 0.2) is 22.7 Å². The maximum Gasteiger partial charge on any atom is 0.270 e. The number of hydrazine groups is 1. The van der Waals surface area contributed by atoms with E-state index in [2.05, 4.69) is 26.8 Å². The van der Waals surface area contributed by atoms with Crippen molar-refractivity contribution in [3.63, 3.8) is 0 Å². The van der Waals surface area contributed by atoms with Crippen LogP contribution in [-0.2, 0) is 4.79 Å². The fraction of sp³-hybridized carbons (Fsp3) is 0.200. The molecular formula is C10H10BrClN2O2. The van der Waals surface area contributed by atoms with Crippen molar-refractivity contribution in [1.29, 1.82) is 0 Å². The lowest BCUT2D eigenvalue weighted by atomic mass is 10.1. The summed E-state index contributed by atoms with van der Waals surface area (Å²) in [6.45, 7) is 1.92. The lowest BCUT2D eigenvalue weighted by Crippen LogP contribution is -2.42. The Bertz CT molecular complexity index is 423. The third-order valence-corrected chi connectivity index (χ3v) is 2.70. The van der Waals surface area contributed by atoms with E-state index < -0.39 is 11.8 Å². The molecule has 4 nitrogen and oxygen atoms in total.